The molecule has 3 rings (SSSR count). The summed E-state index contributed by atoms with van der Waals surface area (Å²) in [7, 11) is 0. The number of ether oxygens (including phenoxy) is 1. The highest BCUT2D eigenvalue weighted by Gasteiger charge is 2.31. The first-order valence-corrected chi connectivity index (χ1v) is 12.1. The van der Waals surface area contributed by atoms with Gasteiger partial charge in [0.05, 0.1) is 6.61 Å². The molecule has 0 aromatic heterocycles. The Bertz CT molecular complexity index is 679. The van der Waals surface area contributed by atoms with Gasteiger partial charge in [-0.2, -0.15) is 0 Å². The number of aliphatic hydroxyl groups excluding tert-OH is 1. The molecule has 2 aliphatic rings. The van der Waals surface area contributed by atoms with Crippen molar-refractivity contribution in [2.45, 2.75) is 83.5 Å². The van der Waals surface area contributed by atoms with Gasteiger partial charge in [0.1, 0.15) is 0 Å². The molecule has 2 fully saturated rings. The average molecular weight is 413 g/mol. The van der Waals surface area contributed by atoms with Crippen LogP contribution in [0.25, 0.3) is 0 Å². The number of rotatable bonds is 9. The van der Waals surface area contributed by atoms with Crippen LogP contribution in [0.2, 0.25) is 0 Å². The monoisotopic (exact) mass is 412 g/mol. The highest BCUT2D eigenvalue weighted by atomic mass is 16.5. The van der Waals surface area contributed by atoms with Crippen molar-refractivity contribution in [3.8, 4) is 0 Å². The Morgan fingerprint density at radius 1 is 1.03 bits per heavy atom. The van der Waals surface area contributed by atoms with Crippen molar-refractivity contribution in [2.24, 2.45) is 17.8 Å². The van der Waals surface area contributed by atoms with Crippen molar-refractivity contribution in [2.75, 3.05) is 13.2 Å². The molecule has 2 aliphatic carbocycles. The molecule has 1 aromatic carbocycles. The van der Waals surface area contributed by atoms with Crippen LogP contribution < -0.4 is 0 Å². The van der Waals surface area contributed by atoms with Gasteiger partial charge in [-0.25, -0.2) is 4.79 Å². The maximum Gasteiger partial charge on any atom is 0.333 e. The zero-order valence-electron chi connectivity index (χ0n) is 18.8. The van der Waals surface area contributed by atoms with Gasteiger partial charge in [0, 0.05) is 18.6 Å². The predicted octanol–water partition coefficient (Wildman–Crippen LogP) is 6.20. The van der Waals surface area contributed by atoms with E-state index in [-0.39, 0.29) is 5.97 Å². The van der Waals surface area contributed by atoms with Crippen molar-refractivity contribution in [1.29, 1.82) is 0 Å². The smallest absolute Gasteiger partial charge is 0.333 e. The second-order valence-electron chi connectivity index (χ2n) is 9.62. The molecule has 0 saturated heterocycles. The van der Waals surface area contributed by atoms with E-state index in [9.17, 15) is 4.79 Å². The Labute approximate surface area is 182 Å². The molecule has 0 aliphatic heterocycles. The minimum atomic E-state index is -0.293. The highest BCUT2D eigenvalue weighted by molar-refractivity contribution is 5.86. The molecule has 2 saturated carbocycles. The SMILES string of the molecule is C=C(C)C(=O)OCCc1ccccc1C1CCC(C2CCC(CCCO)CC2)CC1. The molecule has 166 valence electrons. The van der Waals surface area contributed by atoms with E-state index in [4.69, 9.17) is 9.84 Å². The maximum atomic E-state index is 11.6. The maximum absolute atomic E-state index is 11.6. The number of hydrogen-bond donors (Lipinski definition) is 1. The van der Waals surface area contributed by atoms with E-state index >= 15 is 0 Å². The number of carbonyl (C=O) groups excluding carboxylic acids is 1. The Morgan fingerprint density at radius 2 is 1.67 bits per heavy atom. The third-order valence-corrected chi connectivity index (χ3v) is 7.55. The molecule has 0 atom stereocenters. The summed E-state index contributed by atoms with van der Waals surface area (Å²) in [4.78, 5) is 11.6. The molecule has 1 aromatic rings. The van der Waals surface area contributed by atoms with Crippen molar-refractivity contribution in [1.82, 2.24) is 0 Å². The largest absolute Gasteiger partial charge is 0.462 e. The first-order valence-electron chi connectivity index (χ1n) is 12.1. The average Bonchev–Trinajstić information content (AvgIpc) is 2.78. The van der Waals surface area contributed by atoms with Crippen molar-refractivity contribution < 1.29 is 14.6 Å². The summed E-state index contributed by atoms with van der Waals surface area (Å²) in [6.07, 6.45) is 13.8. The van der Waals surface area contributed by atoms with Gasteiger partial charge < -0.3 is 9.84 Å². The van der Waals surface area contributed by atoms with Crippen molar-refractivity contribution >= 4 is 5.97 Å². The highest BCUT2D eigenvalue weighted by Crippen LogP contribution is 2.45. The van der Waals surface area contributed by atoms with Crippen LogP contribution >= 0.6 is 0 Å². The molecule has 3 heteroatoms. The second-order valence-corrected chi connectivity index (χ2v) is 9.62. The summed E-state index contributed by atoms with van der Waals surface area (Å²) < 4.78 is 5.33. The third-order valence-electron chi connectivity index (χ3n) is 7.55. The number of hydrogen-bond acceptors (Lipinski definition) is 3. The van der Waals surface area contributed by atoms with Crippen LogP contribution in [0.15, 0.2) is 36.4 Å². The van der Waals surface area contributed by atoms with Crippen LogP contribution in [-0.2, 0) is 16.0 Å². The number of esters is 1. The Hall–Kier alpha value is -1.61. The van der Waals surface area contributed by atoms with Gasteiger partial charge in [-0.3, -0.25) is 0 Å². The van der Waals surface area contributed by atoms with Gasteiger partial charge >= 0.3 is 5.97 Å². The van der Waals surface area contributed by atoms with E-state index in [0.717, 1.165) is 30.6 Å². The summed E-state index contributed by atoms with van der Waals surface area (Å²) in [6, 6.07) is 8.73. The van der Waals surface area contributed by atoms with Gasteiger partial charge in [-0.05, 0) is 93.1 Å². The van der Waals surface area contributed by atoms with E-state index in [1.165, 1.54) is 68.9 Å². The zero-order chi connectivity index (χ0) is 21.3. The van der Waals surface area contributed by atoms with Crippen LogP contribution in [-0.4, -0.2) is 24.3 Å². The lowest BCUT2D eigenvalue weighted by Gasteiger charge is -2.38. The standard InChI is InChI=1S/C27H40O3/c1-20(2)27(29)30-19-17-24-7-3-4-8-26(24)25-15-13-23(14-16-25)22-11-9-21(10-12-22)6-5-18-28/h3-4,7-8,21-23,25,28H,1,5-6,9-19H2,2H3. The predicted molar refractivity (Wildman–Crippen MR) is 122 cm³/mol. The molecular formula is C27H40O3. The van der Waals surface area contributed by atoms with Gasteiger partial charge in [-0.15, -0.1) is 0 Å². The molecule has 0 amide bonds. The molecule has 30 heavy (non-hydrogen) atoms. The summed E-state index contributed by atoms with van der Waals surface area (Å²) >= 11 is 0. The fourth-order valence-electron chi connectivity index (χ4n) is 5.77. The van der Waals surface area contributed by atoms with Gasteiger partial charge in [0.2, 0.25) is 0 Å². The molecule has 0 bridgehead atoms. The van der Waals surface area contributed by atoms with Gasteiger partial charge in [0.15, 0.2) is 0 Å². The second kappa shape index (κ2) is 11.7. The first kappa shape index (κ1) is 23.1. The Balaban J connectivity index is 1.47. The fraction of sp³-hybridized carbons (Fsp3) is 0.667. The molecule has 0 spiro atoms. The van der Waals surface area contributed by atoms with Crippen LogP contribution in [0.3, 0.4) is 0 Å². The minimum Gasteiger partial charge on any atom is -0.462 e. The number of benzene rings is 1. The van der Waals surface area contributed by atoms with E-state index < -0.39 is 0 Å². The molecule has 3 nitrogen and oxygen atoms in total. The van der Waals surface area contributed by atoms with E-state index in [1.54, 1.807) is 6.92 Å². The van der Waals surface area contributed by atoms with Crippen molar-refractivity contribution in [3.63, 3.8) is 0 Å². The van der Waals surface area contributed by atoms with Crippen LogP contribution in [0, 0.1) is 17.8 Å². The molecule has 1 N–H and O–H groups in total. The molecule has 0 radical (unpaired) electrons. The lowest BCUT2D eigenvalue weighted by atomic mass is 9.67. The fourth-order valence-corrected chi connectivity index (χ4v) is 5.77. The number of carbonyl (C=O) groups is 1. The van der Waals surface area contributed by atoms with E-state index in [1.807, 2.05) is 0 Å². The molecule has 0 unspecified atom stereocenters. The van der Waals surface area contributed by atoms with Crippen LogP contribution in [0.5, 0.6) is 0 Å². The Morgan fingerprint density at radius 3 is 2.30 bits per heavy atom. The molecule has 0 heterocycles. The lowest BCUT2D eigenvalue weighted by Crippen LogP contribution is -2.25. The molecular weight excluding hydrogens is 372 g/mol. The van der Waals surface area contributed by atoms with Gasteiger partial charge in [-0.1, -0.05) is 43.7 Å². The number of aliphatic hydroxyl groups is 1. The van der Waals surface area contributed by atoms with E-state index in [0.29, 0.717) is 24.7 Å². The Kier molecular flexibility index (Phi) is 8.99. The lowest BCUT2D eigenvalue weighted by molar-refractivity contribution is -0.138. The third kappa shape index (κ3) is 6.44. The summed E-state index contributed by atoms with van der Waals surface area (Å²) in [6.45, 7) is 6.12. The van der Waals surface area contributed by atoms with E-state index in [2.05, 4.69) is 30.8 Å². The quantitative estimate of drug-likeness (QED) is 0.388. The minimum absolute atomic E-state index is 0.293. The first-order chi connectivity index (χ1) is 14.6. The summed E-state index contributed by atoms with van der Waals surface area (Å²) in [5.41, 5.74) is 3.26. The topological polar surface area (TPSA) is 46.5 Å². The van der Waals surface area contributed by atoms with Gasteiger partial charge in [0.25, 0.3) is 0 Å². The van der Waals surface area contributed by atoms with Crippen molar-refractivity contribution in [3.05, 3.63) is 47.5 Å². The summed E-state index contributed by atoms with van der Waals surface area (Å²) in [5, 5.41) is 9.06. The summed E-state index contributed by atoms with van der Waals surface area (Å²) in [5.74, 6) is 3.04. The van der Waals surface area contributed by atoms with Crippen LogP contribution in [0.1, 0.15) is 88.2 Å². The normalized spacial score (nSPS) is 26.9. The zero-order valence-corrected chi connectivity index (χ0v) is 18.8. The van der Waals surface area contributed by atoms with Crippen LogP contribution in [0.4, 0.5) is 0 Å².